The van der Waals surface area contributed by atoms with Gasteiger partial charge < -0.3 is 14.7 Å². The molecule has 0 radical (unpaired) electrons. The van der Waals surface area contributed by atoms with E-state index in [4.69, 9.17) is 4.74 Å². The number of hydrogen-bond acceptors (Lipinski definition) is 6. The van der Waals surface area contributed by atoms with Crippen LogP contribution < -0.4 is 0 Å². The number of carbonyl (C=O) groups is 2. The summed E-state index contributed by atoms with van der Waals surface area (Å²) in [4.78, 5) is 27.8. The lowest BCUT2D eigenvalue weighted by Crippen LogP contribution is -2.37. The zero-order valence-corrected chi connectivity index (χ0v) is 16.2. The maximum absolute atomic E-state index is 12.6. The average Bonchev–Trinajstić information content (AvgIpc) is 3.10. The van der Waals surface area contributed by atoms with Crippen LogP contribution >= 0.6 is 0 Å². The quantitative estimate of drug-likeness (QED) is 0.820. The standard InChI is InChI=1S/C17H29N5O4/c1-17(2,3)26-16(25)21-10-6-8-12(21)14-13(15(23)24)18-19-22(14)11-7-9-20(4)5/h12H,6-11H2,1-5H3,(H,23,24). The Hall–Kier alpha value is -2.16. The zero-order valence-electron chi connectivity index (χ0n) is 16.2. The van der Waals surface area contributed by atoms with E-state index in [-0.39, 0.29) is 11.7 Å². The van der Waals surface area contributed by atoms with Gasteiger partial charge in [0.25, 0.3) is 0 Å². The molecule has 9 nitrogen and oxygen atoms in total. The minimum absolute atomic E-state index is 0.0877. The predicted octanol–water partition coefficient (Wildman–Crippen LogP) is 2.00. The summed E-state index contributed by atoms with van der Waals surface area (Å²) >= 11 is 0. The first-order chi connectivity index (χ1) is 12.1. The van der Waals surface area contributed by atoms with E-state index in [9.17, 15) is 14.7 Å². The number of ether oxygens (including phenoxy) is 1. The summed E-state index contributed by atoms with van der Waals surface area (Å²) in [7, 11) is 3.96. The summed E-state index contributed by atoms with van der Waals surface area (Å²) < 4.78 is 7.11. The van der Waals surface area contributed by atoms with Crippen LogP contribution in [0.5, 0.6) is 0 Å². The van der Waals surface area contributed by atoms with Crippen molar-refractivity contribution in [1.29, 1.82) is 0 Å². The molecular weight excluding hydrogens is 338 g/mol. The van der Waals surface area contributed by atoms with Gasteiger partial charge in [-0.15, -0.1) is 5.10 Å². The third-order valence-corrected chi connectivity index (χ3v) is 4.15. The molecule has 1 aromatic heterocycles. The van der Waals surface area contributed by atoms with Gasteiger partial charge in [-0.25, -0.2) is 14.3 Å². The van der Waals surface area contributed by atoms with Gasteiger partial charge in [0, 0.05) is 13.1 Å². The first-order valence-corrected chi connectivity index (χ1v) is 8.91. The average molecular weight is 367 g/mol. The maximum Gasteiger partial charge on any atom is 0.410 e. The molecule has 26 heavy (non-hydrogen) atoms. The monoisotopic (exact) mass is 367 g/mol. The third kappa shape index (κ3) is 4.94. The predicted molar refractivity (Wildman–Crippen MR) is 95.1 cm³/mol. The molecule has 0 saturated carbocycles. The summed E-state index contributed by atoms with van der Waals surface area (Å²) in [6, 6.07) is -0.384. The molecule has 1 aliphatic rings. The van der Waals surface area contributed by atoms with E-state index in [1.807, 2.05) is 34.9 Å². The fourth-order valence-electron chi connectivity index (χ4n) is 3.09. The van der Waals surface area contributed by atoms with Gasteiger partial charge in [0.05, 0.1) is 11.7 Å². The third-order valence-electron chi connectivity index (χ3n) is 4.15. The molecule has 1 N–H and O–H groups in total. The molecule has 1 aromatic rings. The minimum Gasteiger partial charge on any atom is -0.476 e. The van der Waals surface area contributed by atoms with Gasteiger partial charge in [-0.05, 0) is 60.7 Å². The first-order valence-electron chi connectivity index (χ1n) is 8.91. The number of aromatic carboxylic acids is 1. The second-order valence-electron chi connectivity index (χ2n) is 7.84. The fourth-order valence-corrected chi connectivity index (χ4v) is 3.09. The highest BCUT2D eigenvalue weighted by molar-refractivity contribution is 5.87. The number of nitrogens with zero attached hydrogens (tertiary/aromatic N) is 5. The molecule has 1 amide bonds. The number of carboxylic acid groups (broad SMARTS) is 1. The van der Waals surface area contributed by atoms with E-state index < -0.39 is 17.7 Å². The normalized spacial score (nSPS) is 17.8. The fraction of sp³-hybridized carbons (Fsp3) is 0.765. The van der Waals surface area contributed by atoms with Gasteiger partial charge >= 0.3 is 12.1 Å². The van der Waals surface area contributed by atoms with Crippen molar-refractivity contribution in [3.05, 3.63) is 11.4 Å². The number of hydrogen-bond donors (Lipinski definition) is 1. The molecular formula is C17H29N5O4. The molecule has 1 unspecified atom stereocenters. The Labute approximate surface area is 153 Å². The Morgan fingerprint density at radius 2 is 2.04 bits per heavy atom. The lowest BCUT2D eigenvalue weighted by atomic mass is 10.1. The van der Waals surface area contributed by atoms with Crippen molar-refractivity contribution in [3.63, 3.8) is 0 Å². The van der Waals surface area contributed by atoms with Crippen molar-refractivity contribution in [1.82, 2.24) is 24.8 Å². The summed E-state index contributed by atoms with van der Waals surface area (Å²) in [5, 5.41) is 17.4. The van der Waals surface area contributed by atoms with Crippen LogP contribution in [-0.2, 0) is 11.3 Å². The number of amides is 1. The maximum atomic E-state index is 12.6. The molecule has 9 heteroatoms. The van der Waals surface area contributed by atoms with Gasteiger partial charge in [0.15, 0.2) is 5.69 Å². The Bertz CT molecular complexity index is 650. The van der Waals surface area contributed by atoms with Gasteiger partial charge in [-0.1, -0.05) is 5.21 Å². The van der Waals surface area contributed by atoms with Crippen LogP contribution in [-0.4, -0.2) is 74.7 Å². The number of carbonyl (C=O) groups excluding carboxylic acids is 1. The molecule has 0 spiro atoms. The lowest BCUT2D eigenvalue weighted by Gasteiger charge is -2.29. The molecule has 0 aliphatic carbocycles. The van der Waals surface area contributed by atoms with Crippen molar-refractivity contribution < 1.29 is 19.4 Å². The van der Waals surface area contributed by atoms with Crippen molar-refractivity contribution in [3.8, 4) is 0 Å². The van der Waals surface area contributed by atoms with E-state index in [0.717, 1.165) is 19.4 Å². The van der Waals surface area contributed by atoms with Crippen molar-refractivity contribution in [2.24, 2.45) is 0 Å². The molecule has 2 rings (SSSR count). The van der Waals surface area contributed by atoms with Crippen LogP contribution in [0.25, 0.3) is 0 Å². The van der Waals surface area contributed by atoms with Gasteiger partial charge in [-0.2, -0.15) is 0 Å². The van der Waals surface area contributed by atoms with Crippen molar-refractivity contribution >= 4 is 12.1 Å². The largest absolute Gasteiger partial charge is 0.476 e. The Morgan fingerprint density at radius 3 is 2.62 bits per heavy atom. The Balaban J connectivity index is 2.27. The van der Waals surface area contributed by atoms with Gasteiger partial charge in [0.1, 0.15) is 5.60 Å². The number of aromatic nitrogens is 3. The van der Waals surface area contributed by atoms with Crippen LogP contribution in [0.3, 0.4) is 0 Å². The number of carboxylic acids is 1. The van der Waals surface area contributed by atoms with E-state index >= 15 is 0 Å². The van der Waals surface area contributed by atoms with Crippen LogP contribution in [0, 0.1) is 0 Å². The van der Waals surface area contributed by atoms with E-state index in [2.05, 4.69) is 15.2 Å². The topological polar surface area (TPSA) is 101 Å². The SMILES string of the molecule is CN(C)CCCn1nnc(C(=O)O)c1C1CCCN1C(=O)OC(C)(C)C. The number of likely N-dealkylation sites (tertiary alicyclic amines) is 1. The molecule has 146 valence electrons. The first kappa shape index (κ1) is 20.2. The van der Waals surface area contributed by atoms with E-state index in [0.29, 0.717) is 25.2 Å². The second kappa shape index (κ2) is 8.03. The summed E-state index contributed by atoms with van der Waals surface area (Å²) in [6.45, 7) is 7.36. The molecule has 1 fully saturated rings. The Morgan fingerprint density at radius 1 is 1.35 bits per heavy atom. The lowest BCUT2D eigenvalue weighted by molar-refractivity contribution is 0.0215. The van der Waals surface area contributed by atoms with Gasteiger partial charge in [0.2, 0.25) is 0 Å². The van der Waals surface area contributed by atoms with Gasteiger partial charge in [-0.3, -0.25) is 4.90 Å². The summed E-state index contributed by atoms with van der Waals surface area (Å²) in [5.41, 5.74) is -0.209. The van der Waals surface area contributed by atoms with Crippen molar-refractivity contribution in [2.45, 2.75) is 58.2 Å². The van der Waals surface area contributed by atoms with E-state index in [1.165, 1.54) is 0 Å². The molecule has 2 heterocycles. The number of rotatable bonds is 6. The second-order valence-corrected chi connectivity index (χ2v) is 7.84. The zero-order chi connectivity index (χ0) is 19.5. The van der Waals surface area contributed by atoms with Crippen molar-refractivity contribution in [2.75, 3.05) is 27.2 Å². The van der Waals surface area contributed by atoms with Crippen LogP contribution in [0.15, 0.2) is 0 Å². The van der Waals surface area contributed by atoms with Crippen LogP contribution in [0.2, 0.25) is 0 Å². The molecule has 0 aromatic carbocycles. The van der Waals surface area contributed by atoms with Crippen LogP contribution in [0.1, 0.15) is 62.3 Å². The highest BCUT2D eigenvalue weighted by Gasteiger charge is 2.38. The smallest absolute Gasteiger partial charge is 0.410 e. The highest BCUT2D eigenvalue weighted by atomic mass is 16.6. The highest BCUT2D eigenvalue weighted by Crippen LogP contribution is 2.34. The Kier molecular flexibility index (Phi) is 6.22. The summed E-state index contributed by atoms with van der Waals surface area (Å²) in [6.07, 6.45) is 1.82. The molecule has 1 aliphatic heterocycles. The van der Waals surface area contributed by atoms with Crippen LogP contribution in [0.4, 0.5) is 4.79 Å². The van der Waals surface area contributed by atoms with E-state index in [1.54, 1.807) is 9.58 Å². The molecule has 1 saturated heterocycles. The minimum atomic E-state index is -1.13. The summed E-state index contributed by atoms with van der Waals surface area (Å²) in [5.74, 6) is -1.13. The molecule has 1 atom stereocenters. The number of aryl methyl sites for hydroxylation is 1. The molecule has 0 bridgehead atoms.